The van der Waals surface area contributed by atoms with E-state index in [1.165, 1.54) is 44.9 Å². The van der Waals surface area contributed by atoms with Crippen LogP contribution in [0.4, 0.5) is 0 Å². The average Bonchev–Trinajstić information content (AvgIpc) is 2.37. The van der Waals surface area contributed by atoms with Crippen molar-refractivity contribution in [2.24, 2.45) is 5.41 Å². The van der Waals surface area contributed by atoms with Gasteiger partial charge in [-0.25, -0.2) is 0 Å². The van der Waals surface area contributed by atoms with E-state index in [-0.39, 0.29) is 0 Å². The normalized spacial score (nSPS) is 27.5. The van der Waals surface area contributed by atoms with Crippen molar-refractivity contribution in [3.8, 4) is 0 Å². The molecule has 0 radical (unpaired) electrons. The minimum atomic E-state index is -3.86. The number of hydrogen-bond donors (Lipinski definition) is 1. The van der Waals surface area contributed by atoms with E-state index in [0.29, 0.717) is 18.3 Å². The van der Waals surface area contributed by atoms with Crippen LogP contribution in [0.25, 0.3) is 0 Å². The molecule has 0 aromatic carbocycles. The van der Waals surface area contributed by atoms with Crippen molar-refractivity contribution in [3.63, 3.8) is 0 Å². The van der Waals surface area contributed by atoms with Gasteiger partial charge in [-0.1, -0.05) is 71.6 Å². The third-order valence-corrected chi connectivity index (χ3v) is 6.24. The lowest BCUT2D eigenvalue weighted by Gasteiger charge is -2.24. The van der Waals surface area contributed by atoms with Gasteiger partial charge >= 0.3 is 0 Å². The SMILES string of the molecule is CC1(C)CCCCCCCCC(S(=O)(=O)O)CCCCC1. The molecule has 0 aliphatic heterocycles. The Morgan fingerprint density at radius 3 is 1.62 bits per heavy atom. The summed E-state index contributed by atoms with van der Waals surface area (Å²) in [6.45, 7) is 4.71. The van der Waals surface area contributed by atoms with Crippen LogP contribution in [0.2, 0.25) is 0 Å². The average molecular weight is 319 g/mol. The summed E-state index contributed by atoms with van der Waals surface area (Å²) >= 11 is 0. The van der Waals surface area contributed by atoms with Crippen LogP contribution < -0.4 is 0 Å². The maximum absolute atomic E-state index is 11.4. The highest BCUT2D eigenvalue weighted by atomic mass is 32.2. The molecule has 4 heteroatoms. The van der Waals surface area contributed by atoms with Gasteiger partial charge in [0.1, 0.15) is 0 Å². The van der Waals surface area contributed by atoms with E-state index in [0.717, 1.165) is 25.7 Å². The summed E-state index contributed by atoms with van der Waals surface area (Å²) in [6.07, 6.45) is 14.0. The molecule has 1 fully saturated rings. The third-order valence-electron chi connectivity index (χ3n) is 4.93. The maximum atomic E-state index is 11.4. The molecule has 0 aromatic rings. The zero-order valence-corrected chi connectivity index (χ0v) is 14.8. The highest BCUT2D eigenvalue weighted by Gasteiger charge is 2.22. The molecular weight excluding hydrogens is 284 g/mol. The van der Waals surface area contributed by atoms with Gasteiger partial charge in [0.05, 0.1) is 5.25 Å². The van der Waals surface area contributed by atoms with E-state index >= 15 is 0 Å². The van der Waals surface area contributed by atoms with Gasteiger partial charge < -0.3 is 0 Å². The molecular formula is C17H34O3S. The molecule has 1 aliphatic carbocycles. The molecule has 1 rings (SSSR count). The molecule has 0 bridgehead atoms. The second-order valence-electron chi connectivity index (χ2n) is 7.56. The van der Waals surface area contributed by atoms with E-state index in [9.17, 15) is 13.0 Å². The van der Waals surface area contributed by atoms with E-state index in [4.69, 9.17) is 0 Å². The molecule has 0 spiro atoms. The summed E-state index contributed by atoms with van der Waals surface area (Å²) in [6, 6.07) is 0. The van der Waals surface area contributed by atoms with Gasteiger partial charge in [-0.05, 0) is 31.1 Å². The molecule has 1 N–H and O–H groups in total. The Morgan fingerprint density at radius 2 is 1.14 bits per heavy atom. The monoisotopic (exact) mass is 318 g/mol. The molecule has 0 saturated heterocycles. The molecule has 126 valence electrons. The van der Waals surface area contributed by atoms with Crippen LogP contribution in [0.3, 0.4) is 0 Å². The zero-order chi connectivity index (χ0) is 15.8. The van der Waals surface area contributed by atoms with Crippen molar-refractivity contribution >= 4 is 10.1 Å². The van der Waals surface area contributed by atoms with Crippen LogP contribution in [0, 0.1) is 5.41 Å². The predicted molar refractivity (Wildman–Crippen MR) is 89.1 cm³/mol. The Morgan fingerprint density at radius 1 is 0.762 bits per heavy atom. The Hall–Kier alpha value is -0.0900. The number of rotatable bonds is 1. The molecule has 3 nitrogen and oxygen atoms in total. The van der Waals surface area contributed by atoms with Gasteiger partial charge in [-0.3, -0.25) is 4.55 Å². The van der Waals surface area contributed by atoms with Crippen LogP contribution in [0.5, 0.6) is 0 Å². The highest BCUT2D eigenvalue weighted by molar-refractivity contribution is 7.86. The smallest absolute Gasteiger partial charge is 0.267 e. The van der Waals surface area contributed by atoms with Gasteiger partial charge in [0.15, 0.2) is 0 Å². The first kappa shape index (κ1) is 19.0. The fourth-order valence-corrected chi connectivity index (χ4v) is 4.33. The van der Waals surface area contributed by atoms with Crippen LogP contribution in [-0.4, -0.2) is 18.2 Å². The van der Waals surface area contributed by atoms with Crippen molar-refractivity contribution < 1.29 is 13.0 Å². The predicted octanol–water partition coefficient (Wildman–Crippen LogP) is 5.35. The largest absolute Gasteiger partial charge is 0.285 e. The van der Waals surface area contributed by atoms with E-state index < -0.39 is 15.4 Å². The fourth-order valence-electron chi connectivity index (χ4n) is 3.40. The van der Waals surface area contributed by atoms with Crippen LogP contribution in [0.15, 0.2) is 0 Å². The molecule has 1 saturated carbocycles. The number of hydrogen-bond acceptors (Lipinski definition) is 2. The molecule has 21 heavy (non-hydrogen) atoms. The zero-order valence-electron chi connectivity index (χ0n) is 13.9. The Balaban J connectivity index is 2.51. The second-order valence-corrected chi connectivity index (χ2v) is 9.26. The third kappa shape index (κ3) is 8.82. The summed E-state index contributed by atoms with van der Waals surface area (Å²) in [5.41, 5.74) is 0.419. The summed E-state index contributed by atoms with van der Waals surface area (Å²) in [7, 11) is -3.86. The van der Waals surface area contributed by atoms with Gasteiger partial charge in [-0.2, -0.15) is 8.42 Å². The first-order valence-corrected chi connectivity index (χ1v) is 10.3. The molecule has 0 aromatic heterocycles. The maximum Gasteiger partial charge on any atom is 0.267 e. The molecule has 0 heterocycles. The van der Waals surface area contributed by atoms with Crippen molar-refractivity contribution in [2.75, 3.05) is 0 Å². The molecule has 0 amide bonds. The van der Waals surface area contributed by atoms with Crippen LogP contribution >= 0.6 is 0 Å². The van der Waals surface area contributed by atoms with E-state index in [2.05, 4.69) is 13.8 Å². The van der Waals surface area contributed by atoms with Crippen molar-refractivity contribution in [1.82, 2.24) is 0 Å². The van der Waals surface area contributed by atoms with Crippen LogP contribution in [-0.2, 0) is 10.1 Å². The quantitative estimate of drug-likeness (QED) is 0.663. The van der Waals surface area contributed by atoms with Gasteiger partial charge in [0.25, 0.3) is 10.1 Å². The minimum absolute atomic E-state index is 0.419. The lowest BCUT2D eigenvalue weighted by Crippen LogP contribution is -2.20. The Labute approximate surface area is 131 Å². The van der Waals surface area contributed by atoms with Crippen molar-refractivity contribution in [2.45, 2.75) is 103 Å². The van der Waals surface area contributed by atoms with Crippen molar-refractivity contribution in [3.05, 3.63) is 0 Å². The molecule has 1 aliphatic rings. The van der Waals surface area contributed by atoms with E-state index in [1.54, 1.807) is 0 Å². The van der Waals surface area contributed by atoms with Gasteiger partial charge in [-0.15, -0.1) is 0 Å². The van der Waals surface area contributed by atoms with Gasteiger partial charge in [0.2, 0.25) is 0 Å². The molecule has 1 atom stereocenters. The fraction of sp³-hybridized carbons (Fsp3) is 1.00. The Kier molecular flexibility index (Phi) is 8.25. The summed E-state index contributed by atoms with van der Waals surface area (Å²) in [5.74, 6) is 0. The standard InChI is InChI=1S/C17H34O3S/c1-17(2)14-10-6-4-3-5-8-12-16(21(18,19)20)13-9-7-11-15-17/h16H,3-15H2,1-2H3,(H,18,19,20). The van der Waals surface area contributed by atoms with Gasteiger partial charge in [0, 0.05) is 0 Å². The first-order valence-electron chi connectivity index (χ1n) is 8.78. The highest BCUT2D eigenvalue weighted by Crippen LogP contribution is 2.31. The summed E-state index contributed by atoms with van der Waals surface area (Å²) < 4.78 is 32.2. The summed E-state index contributed by atoms with van der Waals surface area (Å²) in [5, 5.41) is -0.532. The topological polar surface area (TPSA) is 54.4 Å². The molecule has 1 unspecified atom stereocenters. The second kappa shape index (κ2) is 9.14. The van der Waals surface area contributed by atoms with E-state index in [1.807, 2.05) is 0 Å². The lowest BCUT2D eigenvalue weighted by molar-refractivity contribution is 0.282. The van der Waals surface area contributed by atoms with Crippen LogP contribution in [0.1, 0.15) is 97.3 Å². The summed E-state index contributed by atoms with van der Waals surface area (Å²) in [4.78, 5) is 0. The minimum Gasteiger partial charge on any atom is -0.285 e. The van der Waals surface area contributed by atoms with Crippen molar-refractivity contribution in [1.29, 1.82) is 0 Å². The Bertz CT molecular complexity index is 373. The first-order chi connectivity index (χ1) is 9.81. The lowest BCUT2D eigenvalue weighted by atomic mass is 9.82.